The van der Waals surface area contributed by atoms with Crippen molar-refractivity contribution in [2.75, 3.05) is 33.9 Å². The summed E-state index contributed by atoms with van der Waals surface area (Å²) in [6.45, 7) is 1.32. The number of carbonyl (C=O) groups excluding carboxylic acids is 5. The number of imidazole rings is 1. The third-order valence-electron chi connectivity index (χ3n) is 12.7. The van der Waals surface area contributed by atoms with Gasteiger partial charge in [0.2, 0.25) is 5.91 Å². The Bertz CT molecular complexity index is 2760. The number of nitrogens with one attached hydrogen (secondary N) is 4. The van der Waals surface area contributed by atoms with Gasteiger partial charge in [0.15, 0.2) is 0 Å². The van der Waals surface area contributed by atoms with Crippen molar-refractivity contribution >= 4 is 40.8 Å². The van der Waals surface area contributed by atoms with Crippen molar-refractivity contribution in [1.29, 1.82) is 0 Å². The van der Waals surface area contributed by atoms with Gasteiger partial charge < -0.3 is 40.2 Å². The number of H-pyrrole nitrogens is 1. The van der Waals surface area contributed by atoms with Crippen LogP contribution < -0.4 is 16.0 Å². The number of aromatic nitrogens is 3. The predicted molar refractivity (Wildman–Crippen MR) is 242 cm³/mol. The molecule has 6 aromatic rings. The number of amides is 5. The number of benzene rings is 4. The van der Waals surface area contributed by atoms with E-state index in [1.807, 2.05) is 77.7 Å². The average molecular weight is 875 g/mol. The molecule has 9 rings (SSSR count). The summed E-state index contributed by atoms with van der Waals surface area (Å²) in [6.07, 6.45) is 4.85. The van der Waals surface area contributed by atoms with Gasteiger partial charge in [-0.3, -0.25) is 19.4 Å². The van der Waals surface area contributed by atoms with Crippen LogP contribution in [0.4, 0.5) is 9.59 Å². The lowest BCUT2D eigenvalue weighted by molar-refractivity contribution is -0.135. The molecule has 15 nitrogen and oxygen atoms in total. The van der Waals surface area contributed by atoms with E-state index in [9.17, 15) is 24.0 Å². The number of aromatic amines is 1. The van der Waals surface area contributed by atoms with Crippen molar-refractivity contribution < 1.29 is 33.4 Å². The fourth-order valence-electron chi connectivity index (χ4n) is 9.40. The molecule has 2 saturated heterocycles. The first kappa shape index (κ1) is 42.7. The molecule has 3 aliphatic rings. The highest BCUT2D eigenvalue weighted by Gasteiger charge is 2.38. The molecule has 2 fully saturated rings. The summed E-state index contributed by atoms with van der Waals surface area (Å²) in [4.78, 5) is 82.7. The van der Waals surface area contributed by atoms with Crippen LogP contribution in [-0.2, 0) is 31.9 Å². The lowest BCUT2D eigenvalue weighted by Gasteiger charge is -2.29. The fraction of sp³-hybridized carbons (Fsp3) is 0.300. The Labute approximate surface area is 375 Å². The Morgan fingerprint density at radius 3 is 2.06 bits per heavy atom. The third-order valence-corrected chi connectivity index (χ3v) is 12.7. The smallest absolute Gasteiger partial charge is 0.407 e. The van der Waals surface area contributed by atoms with Crippen LogP contribution in [0.2, 0.25) is 0 Å². The van der Waals surface area contributed by atoms with Gasteiger partial charge in [0, 0.05) is 48.5 Å². The minimum absolute atomic E-state index is 0.209. The molecule has 332 valence electrons. The lowest BCUT2D eigenvalue weighted by atomic mass is 9.89. The van der Waals surface area contributed by atoms with Crippen molar-refractivity contribution in [2.45, 2.75) is 62.7 Å². The number of aryl methyl sites for hydroxylation is 2. The topological polar surface area (TPSA) is 188 Å². The molecule has 4 heterocycles. The molecule has 0 radical (unpaired) electrons. The molecule has 0 unspecified atom stereocenters. The first-order valence-electron chi connectivity index (χ1n) is 22.0. The molecule has 0 spiro atoms. The second-order valence-electron chi connectivity index (χ2n) is 16.6. The molecule has 4 N–H and O–H groups in total. The van der Waals surface area contributed by atoms with Crippen LogP contribution in [0.1, 0.15) is 82.4 Å². The summed E-state index contributed by atoms with van der Waals surface area (Å²) in [5.41, 5.74) is 8.69. The Hall–Kier alpha value is -7.55. The highest BCUT2D eigenvalue weighted by Crippen LogP contribution is 2.39. The number of alkyl carbamates (subject to hydrolysis) is 2. The summed E-state index contributed by atoms with van der Waals surface area (Å²) < 4.78 is 9.66. The summed E-state index contributed by atoms with van der Waals surface area (Å²) in [5, 5.41) is 9.24. The zero-order valence-electron chi connectivity index (χ0n) is 36.2. The summed E-state index contributed by atoms with van der Waals surface area (Å²) in [7, 11) is 2.54. The zero-order chi connectivity index (χ0) is 45.0. The largest absolute Gasteiger partial charge is 0.453 e. The summed E-state index contributed by atoms with van der Waals surface area (Å²) in [5.74, 6) is -0.00885. The van der Waals surface area contributed by atoms with Crippen molar-refractivity contribution in [1.82, 2.24) is 40.7 Å². The van der Waals surface area contributed by atoms with E-state index in [1.165, 1.54) is 19.8 Å². The van der Waals surface area contributed by atoms with E-state index in [4.69, 9.17) is 14.5 Å². The summed E-state index contributed by atoms with van der Waals surface area (Å²) in [6, 6.07) is 30.2. The normalized spacial score (nSPS) is 17.4. The molecule has 0 bridgehead atoms. The lowest BCUT2D eigenvalue weighted by Crippen LogP contribution is -2.48. The molecule has 2 aliphatic heterocycles. The average Bonchev–Trinajstić information content (AvgIpc) is 4.14. The Morgan fingerprint density at radius 2 is 1.37 bits per heavy atom. The van der Waals surface area contributed by atoms with Crippen LogP contribution in [-0.4, -0.2) is 94.6 Å². The monoisotopic (exact) mass is 874 g/mol. The van der Waals surface area contributed by atoms with E-state index < -0.39 is 24.3 Å². The molecule has 2 aromatic heterocycles. The number of methoxy groups -OCH3 is 2. The fourth-order valence-corrected chi connectivity index (χ4v) is 9.40. The first-order chi connectivity index (χ1) is 31.7. The number of hydrogen-bond acceptors (Lipinski definition) is 9. The van der Waals surface area contributed by atoms with Gasteiger partial charge in [0.05, 0.1) is 37.0 Å². The second-order valence-corrected chi connectivity index (χ2v) is 16.6. The Morgan fingerprint density at radius 1 is 0.738 bits per heavy atom. The highest BCUT2D eigenvalue weighted by molar-refractivity contribution is 5.98. The standard InChI is InChI=1S/C50H50N8O7/c1-64-49(62)55-42(30-11-5-3-6-12-30)47(60)57-23-9-15-37(57)29-52-46(59)36-26-35-18-17-33(27-40(35)51-28-36)32-19-21-38-34(25-32)20-22-39-44(38)54-45(53-39)41-16-10-24-58(41)48(61)43(56-50(63)65-2)31-13-7-4-8-14-31/h3-8,11-14,17-19,21,25-28,37,41-43H,9-10,15-16,20,22-24,29H2,1-2H3,(H,52,59)(H,53,54)(H,55,62)(H,56,63)/t37-,41-,42+,43+/m0/s1. The van der Waals surface area contributed by atoms with E-state index in [0.29, 0.717) is 36.2 Å². The van der Waals surface area contributed by atoms with E-state index >= 15 is 0 Å². The molecule has 5 amide bonds. The third kappa shape index (κ3) is 8.86. The van der Waals surface area contributed by atoms with Crippen LogP contribution in [0.3, 0.4) is 0 Å². The van der Waals surface area contributed by atoms with Gasteiger partial charge >= 0.3 is 12.2 Å². The first-order valence-corrected chi connectivity index (χ1v) is 22.0. The number of carbonyl (C=O) groups is 5. The van der Waals surface area contributed by atoms with Crippen LogP contribution >= 0.6 is 0 Å². The predicted octanol–water partition coefficient (Wildman–Crippen LogP) is 6.97. The van der Waals surface area contributed by atoms with Crippen molar-refractivity contribution in [2.24, 2.45) is 0 Å². The maximum absolute atomic E-state index is 14.1. The minimum atomic E-state index is -0.916. The van der Waals surface area contributed by atoms with Gasteiger partial charge in [0.1, 0.15) is 17.9 Å². The summed E-state index contributed by atoms with van der Waals surface area (Å²) >= 11 is 0. The SMILES string of the molecule is COC(=O)N[C@@H](C(=O)N1CCC[C@H]1CNC(=O)c1cnc2cc(-c3ccc4c(c3)CCc3[nH]c([C@@H]5CCCN5C(=O)[C@H](NC(=O)OC)c5ccccc5)nc3-4)ccc2c1)c1ccccc1. The maximum Gasteiger partial charge on any atom is 0.407 e. The molecule has 15 heteroatoms. The van der Waals surface area contributed by atoms with Crippen LogP contribution in [0.25, 0.3) is 33.3 Å². The van der Waals surface area contributed by atoms with Gasteiger partial charge in [-0.25, -0.2) is 14.6 Å². The van der Waals surface area contributed by atoms with E-state index in [2.05, 4.69) is 44.1 Å². The minimum Gasteiger partial charge on any atom is -0.453 e. The zero-order valence-corrected chi connectivity index (χ0v) is 36.2. The molecule has 4 atom stereocenters. The van der Waals surface area contributed by atoms with Crippen molar-refractivity contribution in [3.05, 3.63) is 143 Å². The number of likely N-dealkylation sites (tertiary alicyclic amines) is 2. The van der Waals surface area contributed by atoms with Crippen LogP contribution in [0.5, 0.6) is 0 Å². The Balaban J connectivity index is 0.867. The number of ether oxygens (including phenoxy) is 2. The van der Waals surface area contributed by atoms with Gasteiger partial charge in [0.25, 0.3) is 11.8 Å². The molecule has 0 saturated carbocycles. The molecular weight excluding hydrogens is 825 g/mol. The number of rotatable bonds is 11. The van der Waals surface area contributed by atoms with Crippen molar-refractivity contribution in [3.8, 4) is 22.4 Å². The maximum atomic E-state index is 14.1. The van der Waals surface area contributed by atoms with E-state index in [0.717, 1.165) is 76.9 Å². The second kappa shape index (κ2) is 18.7. The van der Waals surface area contributed by atoms with Crippen molar-refractivity contribution in [3.63, 3.8) is 0 Å². The van der Waals surface area contributed by atoms with Gasteiger partial charge in [-0.2, -0.15) is 0 Å². The van der Waals surface area contributed by atoms with Crippen LogP contribution in [0, 0.1) is 0 Å². The van der Waals surface area contributed by atoms with E-state index in [1.54, 1.807) is 23.2 Å². The highest BCUT2D eigenvalue weighted by atomic mass is 16.5. The van der Waals surface area contributed by atoms with E-state index in [-0.39, 0.29) is 36.3 Å². The number of pyridine rings is 1. The Kier molecular flexibility index (Phi) is 12.3. The number of hydrogen-bond donors (Lipinski definition) is 4. The molecular formula is C50H50N8O7. The number of nitrogens with zero attached hydrogens (tertiary/aromatic N) is 4. The van der Waals surface area contributed by atoms with Gasteiger partial charge in [-0.15, -0.1) is 0 Å². The number of fused-ring (bicyclic) bond motifs is 4. The van der Waals surface area contributed by atoms with Crippen LogP contribution in [0.15, 0.2) is 109 Å². The molecule has 1 aliphatic carbocycles. The van der Waals surface area contributed by atoms with Gasteiger partial charge in [-0.05, 0) is 78.5 Å². The van der Waals surface area contributed by atoms with Gasteiger partial charge in [-0.1, -0.05) is 91.0 Å². The quantitative estimate of drug-likeness (QED) is 0.107. The molecule has 4 aromatic carbocycles. The molecule has 65 heavy (non-hydrogen) atoms.